The Bertz CT molecular complexity index is 1110. The molecule has 2 aromatic heterocycles. The number of carbonyl (C=O) groups excluding carboxylic acids is 1. The van der Waals surface area contributed by atoms with Crippen molar-refractivity contribution in [2.75, 3.05) is 5.32 Å². The smallest absolute Gasteiger partial charge is 0.258 e. The summed E-state index contributed by atoms with van der Waals surface area (Å²) in [5, 5.41) is 3.66. The lowest BCUT2D eigenvalue weighted by Gasteiger charge is -2.05. The molecule has 1 N–H and O–H groups in total. The predicted molar refractivity (Wildman–Crippen MR) is 107 cm³/mol. The Kier molecular flexibility index (Phi) is 4.73. The van der Waals surface area contributed by atoms with Gasteiger partial charge in [0.15, 0.2) is 0 Å². The Labute approximate surface area is 163 Å². The van der Waals surface area contributed by atoms with Crippen LogP contribution in [0.3, 0.4) is 0 Å². The third-order valence-electron chi connectivity index (χ3n) is 4.26. The van der Waals surface area contributed by atoms with Gasteiger partial charge in [0.2, 0.25) is 0 Å². The maximum absolute atomic E-state index is 13.2. The van der Waals surface area contributed by atoms with Crippen molar-refractivity contribution in [1.29, 1.82) is 0 Å². The normalized spacial score (nSPS) is 10.9. The van der Waals surface area contributed by atoms with E-state index in [9.17, 15) is 9.18 Å². The topological polar surface area (TPSA) is 46.9 Å². The number of nitrogens with one attached hydrogen (secondary N) is 1. The summed E-state index contributed by atoms with van der Waals surface area (Å²) in [6.07, 6.45) is 3.45. The number of amides is 1. The average molecular weight is 424 g/mol. The van der Waals surface area contributed by atoms with E-state index in [2.05, 4.69) is 26.2 Å². The number of carbonyl (C=O) groups is 1. The van der Waals surface area contributed by atoms with Crippen LogP contribution in [0.4, 0.5) is 10.2 Å². The number of aromatic nitrogens is 2. The minimum atomic E-state index is -0.268. The molecule has 0 fully saturated rings. The first-order valence-electron chi connectivity index (χ1n) is 8.35. The summed E-state index contributed by atoms with van der Waals surface area (Å²) in [5.74, 6) is 0.00191. The molecule has 27 heavy (non-hydrogen) atoms. The Morgan fingerprint density at radius 3 is 2.67 bits per heavy atom. The number of hydrogen-bond acceptors (Lipinski definition) is 2. The Morgan fingerprint density at radius 2 is 1.93 bits per heavy atom. The zero-order valence-corrected chi connectivity index (χ0v) is 15.8. The molecule has 4 rings (SSSR count). The van der Waals surface area contributed by atoms with Gasteiger partial charge in [0.05, 0.1) is 5.56 Å². The van der Waals surface area contributed by atoms with Crippen molar-refractivity contribution in [3.05, 3.63) is 94.5 Å². The fourth-order valence-electron chi connectivity index (χ4n) is 2.99. The van der Waals surface area contributed by atoms with E-state index in [-0.39, 0.29) is 11.7 Å². The average Bonchev–Trinajstić information content (AvgIpc) is 3.02. The van der Waals surface area contributed by atoms with Gasteiger partial charge in [0.1, 0.15) is 11.6 Å². The number of nitrogens with zero attached hydrogens (tertiary/aromatic N) is 2. The number of halogens is 2. The van der Waals surface area contributed by atoms with Gasteiger partial charge in [0, 0.05) is 34.3 Å². The van der Waals surface area contributed by atoms with Crippen LogP contribution in [-0.2, 0) is 6.54 Å². The molecule has 1 amide bonds. The Hall–Kier alpha value is -2.99. The predicted octanol–water partition coefficient (Wildman–Crippen LogP) is 5.24. The minimum Gasteiger partial charge on any atom is -0.342 e. The molecule has 0 atom stereocenters. The molecule has 0 bridgehead atoms. The van der Waals surface area contributed by atoms with E-state index >= 15 is 0 Å². The standard InChI is InChI=1S/C21H15BrFN3O/c22-15-6-9-19-17(11-15)18(21(27)25-20-3-1-2-10-24-20)13-26(19)12-14-4-7-16(23)8-5-14/h1-11,13H,12H2,(H,24,25,27). The molecule has 0 radical (unpaired) electrons. The largest absolute Gasteiger partial charge is 0.342 e. The second-order valence-corrected chi connectivity index (χ2v) is 7.04. The second-order valence-electron chi connectivity index (χ2n) is 6.13. The molecule has 4 aromatic rings. The molecule has 0 saturated carbocycles. The molecule has 0 spiro atoms. The van der Waals surface area contributed by atoms with Crippen LogP contribution in [0.15, 0.2) is 77.5 Å². The summed E-state index contributed by atoms with van der Waals surface area (Å²) in [5.41, 5.74) is 2.43. The van der Waals surface area contributed by atoms with Crippen LogP contribution in [0.25, 0.3) is 10.9 Å². The van der Waals surface area contributed by atoms with Crippen LogP contribution >= 0.6 is 15.9 Å². The molecule has 0 aliphatic carbocycles. The number of benzene rings is 2. The van der Waals surface area contributed by atoms with Gasteiger partial charge >= 0.3 is 0 Å². The van der Waals surface area contributed by atoms with Gasteiger partial charge in [0.25, 0.3) is 5.91 Å². The molecule has 0 saturated heterocycles. The first-order valence-corrected chi connectivity index (χ1v) is 9.15. The molecular weight excluding hydrogens is 409 g/mol. The number of fused-ring (bicyclic) bond motifs is 1. The van der Waals surface area contributed by atoms with Crippen molar-refractivity contribution in [3.63, 3.8) is 0 Å². The monoisotopic (exact) mass is 423 g/mol. The zero-order chi connectivity index (χ0) is 18.8. The van der Waals surface area contributed by atoms with E-state index in [0.29, 0.717) is 17.9 Å². The van der Waals surface area contributed by atoms with E-state index in [1.54, 1.807) is 30.5 Å². The van der Waals surface area contributed by atoms with Crippen molar-refractivity contribution in [2.24, 2.45) is 0 Å². The molecular formula is C21H15BrFN3O. The quantitative estimate of drug-likeness (QED) is 0.487. The maximum Gasteiger partial charge on any atom is 0.258 e. The van der Waals surface area contributed by atoms with E-state index in [1.807, 2.05) is 35.0 Å². The van der Waals surface area contributed by atoms with Gasteiger partial charge in [-0.25, -0.2) is 9.37 Å². The van der Waals surface area contributed by atoms with Gasteiger partial charge in [-0.05, 0) is 48.0 Å². The molecule has 2 heterocycles. The summed E-state index contributed by atoms with van der Waals surface area (Å²) in [4.78, 5) is 17.0. The summed E-state index contributed by atoms with van der Waals surface area (Å²) in [6.45, 7) is 0.537. The van der Waals surface area contributed by atoms with E-state index < -0.39 is 0 Å². The highest BCUT2D eigenvalue weighted by Gasteiger charge is 2.16. The number of pyridine rings is 1. The SMILES string of the molecule is O=C(Nc1ccccn1)c1cn(Cc2ccc(F)cc2)c2ccc(Br)cc12. The van der Waals surface area contributed by atoms with Gasteiger partial charge in [-0.3, -0.25) is 4.79 Å². The van der Waals surface area contributed by atoms with Gasteiger partial charge in [-0.1, -0.05) is 34.1 Å². The number of hydrogen-bond donors (Lipinski definition) is 1. The Morgan fingerprint density at radius 1 is 1.11 bits per heavy atom. The third-order valence-corrected chi connectivity index (χ3v) is 4.75. The summed E-state index contributed by atoms with van der Waals surface area (Å²) in [7, 11) is 0. The highest BCUT2D eigenvalue weighted by Crippen LogP contribution is 2.27. The third kappa shape index (κ3) is 3.75. The second kappa shape index (κ2) is 7.32. The lowest BCUT2D eigenvalue weighted by Crippen LogP contribution is -2.12. The van der Waals surface area contributed by atoms with Gasteiger partial charge < -0.3 is 9.88 Å². The Balaban J connectivity index is 1.73. The highest BCUT2D eigenvalue weighted by molar-refractivity contribution is 9.10. The molecule has 2 aromatic carbocycles. The van der Waals surface area contributed by atoms with Crippen molar-refractivity contribution >= 4 is 38.6 Å². The van der Waals surface area contributed by atoms with Crippen molar-refractivity contribution in [2.45, 2.75) is 6.54 Å². The summed E-state index contributed by atoms with van der Waals surface area (Å²) >= 11 is 3.47. The van der Waals surface area contributed by atoms with Crippen LogP contribution in [0.2, 0.25) is 0 Å². The molecule has 0 aliphatic heterocycles. The summed E-state index contributed by atoms with van der Waals surface area (Å²) in [6, 6.07) is 17.5. The van der Waals surface area contributed by atoms with Crippen LogP contribution in [0.5, 0.6) is 0 Å². The minimum absolute atomic E-state index is 0.227. The van der Waals surface area contributed by atoms with Crippen molar-refractivity contribution in [3.8, 4) is 0 Å². The van der Waals surface area contributed by atoms with Gasteiger partial charge in [-0.2, -0.15) is 0 Å². The zero-order valence-electron chi connectivity index (χ0n) is 14.2. The van der Waals surface area contributed by atoms with Gasteiger partial charge in [-0.15, -0.1) is 0 Å². The van der Waals surface area contributed by atoms with Crippen LogP contribution in [-0.4, -0.2) is 15.5 Å². The van der Waals surface area contributed by atoms with Crippen LogP contribution in [0.1, 0.15) is 15.9 Å². The fraction of sp³-hybridized carbons (Fsp3) is 0.0476. The molecule has 6 heteroatoms. The van der Waals surface area contributed by atoms with E-state index in [1.165, 1.54) is 12.1 Å². The highest BCUT2D eigenvalue weighted by atomic mass is 79.9. The molecule has 0 aliphatic rings. The van der Waals surface area contributed by atoms with E-state index in [0.717, 1.165) is 20.9 Å². The van der Waals surface area contributed by atoms with Crippen LogP contribution in [0, 0.1) is 5.82 Å². The number of anilines is 1. The first kappa shape index (κ1) is 17.4. The lowest BCUT2D eigenvalue weighted by molar-refractivity contribution is 0.102. The first-order chi connectivity index (χ1) is 13.1. The molecule has 134 valence electrons. The van der Waals surface area contributed by atoms with Crippen LogP contribution < -0.4 is 5.32 Å². The molecule has 0 unspecified atom stereocenters. The van der Waals surface area contributed by atoms with Crippen molar-refractivity contribution in [1.82, 2.24) is 9.55 Å². The lowest BCUT2D eigenvalue weighted by atomic mass is 10.1. The van der Waals surface area contributed by atoms with Crippen molar-refractivity contribution < 1.29 is 9.18 Å². The van der Waals surface area contributed by atoms with E-state index in [4.69, 9.17) is 0 Å². The maximum atomic E-state index is 13.2. The molecule has 4 nitrogen and oxygen atoms in total. The fourth-order valence-corrected chi connectivity index (χ4v) is 3.35. The summed E-state index contributed by atoms with van der Waals surface area (Å²) < 4.78 is 16.0. The number of rotatable bonds is 4.